The van der Waals surface area contributed by atoms with Crippen molar-refractivity contribution >= 4 is 11.3 Å². The third-order valence-electron chi connectivity index (χ3n) is 2.73. The van der Waals surface area contributed by atoms with E-state index in [0.717, 1.165) is 18.6 Å². The van der Waals surface area contributed by atoms with Crippen molar-refractivity contribution in [2.45, 2.75) is 18.9 Å². The molecule has 2 rings (SSSR count). The van der Waals surface area contributed by atoms with E-state index in [2.05, 4.69) is 29.0 Å². The van der Waals surface area contributed by atoms with Crippen LogP contribution in [-0.2, 0) is 12.8 Å². The Hall–Kier alpha value is -1.32. The normalized spacial score (nSPS) is 12.4. The highest BCUT2D eigenvalue weighted by atomic mass is 32.1. The molecule has 2 aromatic rings. The third-order valence-corrected chi connectivity index (χ3v) is 3.47. The van der Waals surface area contributed by atoms with Crippen molar-refractivity contribution in [1.29, 1.82) is 0 Å². The molecule has 0 bridgehead atoms. The lowest BCUT2D eigenvalue weighted by molar-refractivity contribution is 0.414. The predicted molar refractivity (Wildman–Crippen MR) is 72.7 cm³/mol. The molecule has 2 N–H and O–H groups in total. The standard InChI is InChI=1S/C14H17NOS/c1-16-14-4-2-11(3-5-14)8-13(15)9-12-6-7-17-10-12/h2-7,10,13H,8-9,15H2,1H3. The summed E-state index contributed by atoms with van der Waals surface area (Å²) in [5.41, 5.74) is 8.73. The number of benzene rings is 1. The van der Waals surface area contributed by atoms with E-state index in [4.69, 9.17) is 10.5 Å². The summed E-state index contributed by atoms with van der Waals surface area (Å²) in [5, 5.41) is 4.25. The predicted octanol–water partition coefficient (Wildman–Crippen LogP) is 2.87. The summed E-state index contributed by atoms with van der Waals surface area (Å²) in [4.78, 5) is 0. The fraction of sp³-hybridized carbons (Fsp3) is 0.286. The fourth-order valence-electron chi connectivity index (χ4n) is 1.85. The zero-order valence-electron chi connectivity index (χ0n) is 9.93. The second-order valence-corrected chi connectivity index (χ2v) is 4.93. The highest BCUT2D eigenvalue weighted by Gasteiger charge is 2.06. The van der Waals surface area contributed by atoms with Gasteiger partial charge in [-0.25, -0.2) is 0 Å². The fourth-order valence-corrected chi connectivity index (χ4v) is 2.53. The van der Waals surface area contributed by atoms with E-state index in [9.17, 15) is 0 Å². The summed E-state index contributed by atoms with van der Waals surface area (Å²) in [7, 11) is 1.68. The number of hydrogen-bond donors (Lipinski definition) is 1. The highest BCUT2D eigenvalue weighted by molar-refractivity contribution is 7.07. The molecule has 1 aromatic carbocycles. The molecule has 90 valence electrons. The van der Waals surface area contributed by atoms with E-state index < -0.39 is 0 Å². The molecule has 1 heterocycles. The van der Waals surface area contributed by atoms with Gasteiger partial charge in [0.25, 0.3) is 0 Å². The number of nitrogens with two attached hydrogens (primary N) is 1. The molecule has 0 radical (unpaired) electrons. The van der Waals surface area contributed by atoms with E-state index in [1.54, 1.807) is 18.4 Å². The molecule has 0 saturated heterocycles. The van der Waals surface area contributed by atoms with Crippen LogP contribution in [0, 0.1) is 0 Å². The molecule has 0 aliphatic heterocycles. The molecule has 0 saturated carbocycles. The van der Waals surface area contributed by atoms with Crippen LogP contribution < -0.4 is 10.5 Å². The molecule has 0 aliphatic carbocycles. The number of hydrogen-bond acceptors (Lipinski definition) is 3. The summed E-state index contributed by atoms with van der Waals surface area (Å²) in [5.74, 6) is 0.889. The van der Waals surface area contributed by atoms with Crippen LogP contribution in [0.1, 0.15) is 11.1 Å². The zero-order chi connectivity index (χ0) is 12.1. The molecule has 1 atom stereocenters. The van der Waals surface area contributed by atoms with Gasteiger partial charge in [0, 0.05) is 6.04 Å². The van der Waals surface area contributed by atoms with Crippen LogP contribution in [0.2, 0.25) is 0 Å². The van der Waals surface area contributed by atoms with Crippen molar-refractivity contribution in [3.8, 4) is 5.75 Å². The average Bonchev–Trinajstić information content (AvgIpc) is 2.82. The van der Waals surface area contributed by atoms with Crippen molar-refractivity contribution in [2.75, 3.05) is 7.11 Å². The minimum Gasteiger partial charge on any atom is -0.497 e. The quantitative estimate of drug-likeness (QED) is 0.881. The molecule has 0 amide bonds. The first-order valence-corrected chi connectivity index (χ1v) is 6.62. The summed E-state index contributed by atoms with van der Waals surface area (Å²) in [6.07, 6.45) is 1.84. The first-order chi connectivity index (χ1) is 8.28. The van der Waals surface area contributed by atoms with Gasteiger partial charge in [-0.1, -0.05) is 12.1 Å². The van der Waals surface area contributed by atoms with E-state index in [0.29, 0.717) is 0 Å². The van der Waals surface area contributed by atoms with Crippen molar-refractivity contribution in [2.24, 2.45) is 5.73 Å². The molecule has 1 aromatic heterocycles. The second kappa shape index (κ2) is 5.84. The van der Waals surface area contributed by atoms with E-state index in [1.807, 2.05) is 12.1 Å². The van der Waals surface area contributed by atoms with Crippen molar-refractivity contribution in [1.82, 2.24) is 0 Å². The Balaban J connectivity index is 1.91. The van der Waals surface area contributed by atoms with Crippen molar-refractivity contribution in [3.63, 3.8) is 0 Å². The summed E-state index contributed by atoms with van der Waals surface area (Å²) < 4.78 is 5.13. The Kier molecular flexibility index (Phi) is 4.18. The lowest BCUT2D eigenvalue weighted by Crippen LogP contribution is -2.25. The van der Waals surface area contributed by atoms with Crippen LogP contribution >= 0.6 is 11.3 Å². The van der Waals surface area contributed by atoms with Crippen molar-refractivity contribution < 1.29 is 4.74 Å². The molecule has 3 heteroatoms. The number of ether oxygens (including phenoxy) is 1. The molecular weight excluding hydrogens is 230 g/mol. The van der Waals surface area contributed by atoms with Crippen LogP contribution in [0.25, 0.3) is 0 Å². The average molecular weight is 247 g/mol. The molecule has 0 fully saturated rings. The number of rotatable bonds is 5. The van der Waals surface area contributed by atoms with E-state index >= 15 is 0 Å². The Labute approximate surface area is 106 Å². The second-order valence-electron chi connectivity index (χ2n) is 4.15. The molecule has 0 aliphatic rings. The molecular formula is C14H17NOS. The monoisotopic (exact) mass is 247 g/mol. The van der Waals surface area contributed by atoms with Gasteiger partial charge in [0.2, 0.25) is 0 Å². The van der Waals surface area contributed by atoms with Crippen LogP contribution in [0.3, 0.4) is 0 Å². The topological polar surface area (TPSA) is 35.2 Å². The van der Waals surface area contributed by atoms with Gasteiger partial charge < -0.3 is 10.5 Å². The summed E-state index contributed by atoms with van der Waals surface area (Å²) in [6, 6.07) is 10.4. The number of methoxy groups -OCH3 is 1. The number of thiophene rings is 1. The molecule has 2 nitrogen and oxygen atoms in total. The SMILES string of the molecule is COc1ccc(CC(N)Cc2ccsc2)cc1. The first-order valence-electron chi connectivity index (χ1n) is 5.67. The van der Waals surface area contributed by atoms with Gasteiger partial charge in [-0.3, -0.25) is 0 Å². The summed E-state index contributed by atoms with van der Waals surface area (Å²) in [6.45, 7) is 0. The van der Waals surface area contributed by atoms with Gasteiger partial charge >= 0.3 is 0 Å². The van der Waals surface area contributed by atoms with Gasteiger partial charge in [-0.05, 0) is 52.9 Å². The molecule has 17 heavy (non-hydrogen) atoms. The molecule has 0 spiro atoms. The van der Waals surface area contributed by atoms with Crippen molar-refractivity contribution in [3.05, 3.63) is 52.2 Å². The van der Waals surface area contributed by atoms with Crippen LogP contribution in [0.5, 0.6) is 5.75 Å². The maximum Gasteiger partial charge on any atom is 0.118 e. The lowest BCUT2D eigenvalue weighted by Gasteiger charge is -2.11. The van der Waals surface area contributed by atoms with Gasteiger partial charge in [0.15, 0.2) is 0 Å². The Bertz CT molecular complexity index is 436. The first kappa shape index (κ1) is 12.1. The van der Waals surface area contributed by atoms with Gasteiger partial charge in [0.05, 0.1) is 7.11 Å². The van der Waals surface area contributed by atoms with Gasteiger partial charge in [0.1, 0.15) is 5.75 Å². The minimum absolute atomic E-state index is 0.179. The Morgan fingerprint density at radius 1 is 1.12 bits per heavy atom. The molecule has 1 unspecified atom stereocenters. The maximum absolute atomic E-state index is 6.14. The van der Waals surface area contributed by atoms with Gasteiger partial charge in [-0.15, -0.1) is 0 Å². The smallest absolute Gasteiger partial charge is 0.118 e. The van der Waals surface area contributed by atoms with Crippen LogP contribution in [0.4, 0.5) is 0 Å². The van der Waals surface area contributed by atoms with E-state index in [1.165, 1.54) is 11.1 Å². The lowest BCUT2D eigenvalue weighted by atomic mass is 10.0. The highest BCUT2D eigenvalue weighted by Crippen LogP contribution is 2.14. The Morgan fingerprint density at radius 2 is 1.82 bits per heavy atom. The van der Waals surface area contributed by atoms with E-state index in [-0.39, 0.29) is 6.04 Å². The third kappa shape index (κ3) is 3.58. The summed E-state index contributed by atoms with van der Waals surface area (Å²) >= 11 is 1.72. The largest absolute Gasteiger partial charge is 0.497 e. The van der Waals surface area contributed by atoms with Gasteiger partial charge in [-0.2, -0.15) is 11.3 Å². The Morgan fingerprint density at radius 3 is 2.41 bits per heavy atom. The maximum atomic E-state index is 6.14. The zero-order valence-corrected chi connectivity index (χ0v) is 10.7. The van der Waals surface area contributed by atoms with Crippen LogP contribution in [-0.4, -0.2) is 13.2 Å². The minimum atomic E-state index is 0.179. The van der Waals surface area contributed by atoms with Crippen LogP contribution in [0.15, 0.2) is 41.1 Å².